The Labute approximate surface area is 109 Å². The minimum absolute atomic E-state index is 0.0144. The fourth-order valence-electron chi connectivity index (χ4n) is 2.09. The van der Waals surface area contributed by atoms with Gasteiger partial charge in [0.15, 0.2) is 0 Å². The average molecular weight is 259 g/mol. The molecule has 0 saturated heterocycles. The Balaban J connectivity index is 2.00. The Bertz CT molecular complexity index is 606. The van der Waals surface area contributed by atoms with Gasteiger partial charge in [0.2, 0.25) is 0 Å². The number of aromatic nitrogens is 1. The van der Waals surface area contributed by atoms with Crippen molar-refractivity contribution in [2.75, 3.05) is 5.32 Å². The number of nitrogens with zero attached hydrogens (tertiary/aromatic N) is 1. The highest BCUT2D eigenvalue weighted by atomic mass is 32.1. The minimum Gasteiger partial charge on any atom is -0.353 e. The van der Waals surface area contributed by atoms with Gasteiger partial charge >= 0.3 is 0 Å². The molecule has 0 spiro atoms. The molecule has 0 bridgehead atoms. The second-order valence-electron chi connectivity index (χ2n) is 4.32. The zero-order valence-electron chi connectivity index (χ0n) is 10.2. The van der Waals surface area contributed by atoms with Crippen LogP contribution in [-0.2, 0) is 0 Å². The van der Waals surface area contributed by atoms with Crippen molar-refractivity contribution in [3.05, 3.63) is 46.1 Å². The molecule has 1 amide bonds. The Morgan fingerprint density at radius 1 is 1.33 bits per heavy atom. The van der Waals surface area contributed by atoms with Crippen LogP contribution in [0.4, 0.5) is 5.00 Å². The normalized spacial score (nSPS) is 17.9. The monoisotopic (exact) mass is 259 g/mol. The molecule has 0 unspecified atom stereocenters. The Hall–Kier alpha value is -1.88. The first-order chi connectivity index (χ1) is 8.66. The van der Waals surface area contributed by atoms with E-state index in [1.165, 1.54) is 4.88 Å². The van der Waals surface area contributed by atoms with Crippen LogP contribution in [0.3, 0.4) is 0 Å². The molecule has 1 atom stereocenters. The van der Waals surface area contributed by atoms with Crippen molar-refractivity contribution in [2.45, 2.75) is 20.0 Å². The molecule has 0 saturated carbocycles. The summed E-state index contributed by atoms with van der Waals surface area (Å²) in [6.45, 7) is 4.02. The number of hydrogen-bond acceptors (Lipinski definition) is 4. The summed E-state index contributed by atoms with van der Waals surface area (Å²) in [5, 5.41) is 7.26. The van der Waals surface area contributed by atoms with Gasteiger partial charge in [-0.2, -0.15) is 0 Å². The van der Waals surface area contributed by atoms with Gasteiger partial charge in [0.1, 0.15) is 11.2 Å². The summed E-state index contributed by atoms with van der Waals surface area (Å²) in [5.74, 6) is -0.0144. The number of carbonyl (C=O) groups excluding carboxylic acids is 1. The van der Waals surface area contributed by atoms with Crippen LogP contribution >= 0.6 is 11.3 Å². The average Bonchev–Trinajstić information content (AvgIpc) is 2.66. The smallest absolute Gasteiger partial charge is 0.256 e. The van der Waals surface area contributed by atoms with Gasteiger partial charge in [-0.3, -0.25) is 9.78 Å². The summed E-state index contributed by atoms with van der Waals surface area (Å²) in [6, 6.07) is 3.81. The molecule has 0 aromatic carbocycles. The van der Waals surface area contributed by atoms with Crippen molar-refractivity contribution in [1.29, 1.82) is 0 Å². The van der Waals surface area contributed by atoms with E-state index in [1.807, 2.05) is 26.0 Å². The number of rotatable bonds is 1. The Morgan fingerprint density at radius 2 is 2.17 bits per heavy atom. The van der Waals surface area contributed by atoms with E-state index in [0.717, 1.165) is 21.7 Å². The number of thiophene rings is 1. The maximum absolute atomic E-state index is 12.1. The molecule has 92 valence electrons. The summed E-state index contributed by atoms with van der Waals surface area (Å²) >= 11 is 1.63. The van der Waals surface area contributed by atoms with Crippen LogP contribution < -0.4 is 10.6 Å². The molecular weight excluding hydrogens is 246 g/mol. The molecule has 2 aromatic rings. The number of fused-ring (bicyclic) bond motifs is 1. The van der Waals surface area contributed by atoms with E-state index in [-0.39, 0.29) is 12.1 Å². The van der Waals surface area contributed by atoms with Crippen LogP contribution in [0.25, 0.3) is 0 Å². The first kappa shape index (κ1) is 11.2. The van der Waals surface area contributed by atoms with Gasteiger partial charge in [-0.25, -0.2) is 0 Å². The molecule has 18 heavy (non-hydrogen) atoms. The fraction of sp³-hybridized carbons (Fsp3) is 0.231. The van der Waals surface area contributed by atoms with Crippen molar-refractivity contribution in [2.24, 2.45) is 0 Å². The second kappa shape index (κ2) is 4.10. The van der Waals surface area contributed by atoms with Gasteiger partial charge in [0.25, 0.3) is 5.91 Å². The molecule has 4 nitrogen and oxygen atoms in total. The minimum atomic E-state index is -0.198. The molecule has 0 radical (unpaired) electrons. The van der Waals surface area contributed by atoms with E-state index in [4.69, 9.17) is 0 Å². The molecule has 5 heteroatoms. The zero-order valence-corrected chi connectivity index (χ0v) is 11.0. The Morgan fingerprint density at radius 3 is 2.89 bits per heavy atom. The van der Waals surface area contributed by atoms with Gasteiger partial charge in [0, 0.05) is 22.8 Å². The third kappa shape index (κ3) is 1.67. The molecule has 2 N–H and O–H groups in total. The van der Waals surface area contributed by atoms with E-state index in [9.17, 15) is 4.79 Å². The van der Waals surface area contributed by atoms with Crippen LogP contribution in [0.1, 0.15) is 32.5 Å². The molecule has 2 aromatic heterocycles. The first-order valence-corrected chi connectivity index (χ1v) is 6.56. The van der Waals surface area contributed by atoms with Crippen LogP contribution in [0, 0.1) is 13.8 Å². The molecule has 1 aliphatic rings. The number of carbonyl (C=O) groups is 1. The largest absolute Gasteiger partial charge is 0.353 e. The van der Waals surface area contributed by atoms with Gasteiger partial charge in [0.05, 0.1) is 5.56 Å². The van der Waals surface area contributed by atoms with E-state index in [0.29, 0.717) is 0 Å². The lowest BCUT2D eigenvalue weighted by molar-refractivity contribution is 0.0935. The van der Waals surface area contributed by atoms with E-state index in [2.05, 4.69) is 15.6 Å². The maximum atomic E-state index is 12.1. The summed E-state index contributed by atoms with van der Waals surface area (Å²) in [7, 11) is 0. The van der Waals surface area contributed by atoms with Crippen LogP contribution in [0.2, 0.25) is 0 Å². The number of hydrogen-bond donors (Lipinski definition) is 2. The number of anilines is 1. The van der Waals surface area contributed by atoms with Crippen LogP contribution in [0.15, 0.2) is 24.5 Å². The van der Waals surface area contributed by atoms with Crippen LogP contribution in [0.5, 0.6) is 0 Å². The van der Waals surface area contributed by atoms with Gasteiger partial charge in [-0.15, -0.1) is 11.3 Å². The molecular formula is C13H13N3OS. The summed E-state index contributed by atoms with van der Waals surface area (Å²) < 4.78 is 0. The van der Waals surface area contributed by atoms with Crippen molar-refractivity contribution >= 4 is 22.2 Å². The van der Waals surface area contributed by atoms with Crippen molar-refractivity contribution in [3.8, 4) is 0 Å². The summed E-state index contributed by atoms with van der Waals surface area (Å²) in [6.07, 6.45) is 3.28. The number of amides is 1. The standard InChI is InChI=1S/C13H13N3OS/c1-7-8(2)18-13-10(7)12(17)15-11(16-13)9-4-3-5-14-6-9/h3-6,11,16H,1-2H3,(H,15,17)/t11-/m1/s1. The number of pyridine rings is 1. The van der Waals surface area contributed by atoms with E-state index >= 15 is 0 Å². The molecule has 0 aliphatic carbocycles. The zero-order chi connectivity index (χ0) is 12.7. The molecule has 1 aliphatic heterocycles. The highest BCUT2D eigenvalue weighted by molar-refractivity contribution is 7.16. The van der Waals surface area contributed by atoms with E-state index in [1.54, 1.807) is 23.7 Å². The summed E-state index contributed by atoms with van der Waals surface area (Å²) in [4.78, 5) is 17.4. The van der Waals surface area contributed by atoms with Crippen molar-refractivity contribution in [3.63, 3.8) is 0 Å². The second-order valence-corrected chi connectivity index (χ2v) is 5.55. The van der Waals surface area contributed by atoms with Gasteiger partial charge in [-0.05, 0) is 25.5 Å². The molecule has 3 rings (SSSR count). The summed E-state index contributed by atoms with van der Waals surface area (Å²) in [5.41, 5.74) is 2.79. The van der Waals surface area contributed by atoms with Crippen molar-refractivity contribution < 1.29 is 4.79 Å². The quantitative estimate of drug-likeness (QED) is 0.827. The molecule has 0 fully saturated rings. The van der Waals surface area contributed by atoms with Gasteiger partial charge < -0.3 is 10.6 Å². The van der Waals surface area contributed by atoms with Crippen molar-refractivity contribution in [1.82, 2.24) is 10.3 Å². The van der Waals surface area contributed by atoms with E-state index < -0.39 is 0 Å². The predicted octanol–water partition coefficient (Wildman–Crippen LogP) is 2.61. The third-order valence-corrected chi connectivity index (χ3v) is 4.32. The predicted molar refractivity (Wildman–Crippen MR) is 71.9 cm³/mol. The SMILES string of the molecule is Cc1sc2c(c1C)C(=O)N[C@@H](c1cccnc1)N2. The lowest BCUT2D eigenvalue weighted by Crippen LogP contribution is -2.38. The van der Waals surface area contributed by atoms with Gasteiger partial charge in [-0.1, -0.05) is 6.07 Å². The highest BCUT2D eigenvalue weighted by Crippen LogP contribution is 2.37. The maximum Gasteiger partial charge on any atom is 0.256 e. The third-order valence-electron chi connectivity index (χ3n) is 3.18. The van der Waals surface area contributed by atoms with Crippen LogP contribution in [-0.4, -0.2) is 10.9 Å². The highest BCUT2D eigenvalue weighted by Gasteiger charge is 2.28. The lowest BCUT2D eigenvalue weighted by Gasteiger charge is -2.26. The molecule has 3 heterocycles. The lowest BCUT2D eigenvalue weighted by atomic mass is 10.1. The first-order valence-electron chi connectivity index (χ1n) is 5.74. The number of nitrogens with one attached hydrogen (secondary N) is 2. The Kier molecular flexibility index (Phi) is 2.56. The fourth-order valence-corrected chi connectivity index (χ4v) is 3.17. The topological polar surface area (TPSA) is 54.0 Å². The number of aryl methyl sites for hydroxylation is 1.